The van der Waals surface area contributed by atoms with Gasteiger partial charge in [0.2, 0.25) is 0 Å². The summed E-state index contributed by atoms with van der Waals surface area (Å²) in [5.41, 5.74) is 2.00. The van der Waals surface area contributed by atoms with Gasteiger partial charge in [-0.15, -0.1) is 5.10 Å². The van der Waals surface area contributed by atoms with E-state index in [1.165, 1.54) is 12.1 Å². The summed E-state index contributed by atoms with van der Waals surface area (Å²) in [6.07, 6.45) is 6.14. The molecule has 0 amide bonds. The van der Waals surface area contributed by atoms with Crippen molar-refractivity contribution in [2.24, 2.45) is 11.8 Å². The van der Waals surface area contributed by atoms with Gasteiger partial charge in [-0.2, -0.15) is 18.3 Å². The number of ether oxygens (including phenoxy) is 1. The van der Waals surface area contributed by atoms with Gasteiger partial charge in [0.15, 0.2) is 10.7 Å². The van der Waals surface area contributed by atoms with Crippen LogP contribution in [0.15, 0.2) is 48.9 Å². The molecular weight excluding hydrogens is 555 g/mol. The van der Waals surface area contributed by atoms with Crippen LogP contribution in [0.25, 0.3) is 21.9 Å². The SMILES string of the molecule is O=[SH](=O)C(C1CCC(c2cnnc3cnc4[nH]ccc4c23)CC1)N1CCCC(COc2ccc(C(F)(F)F)cc2)C1. The summed E-state index contributed by atoms with van der Waals surface area (Å²) in [5.74, 6) is 0.787. The minimum Gasteiger partial charge on any atom is -0.493 e. The van der Waals surface area contributed by atoms with Crippen LogP contribution in [0.4, 0.5) is 13.2 Å². The average molecular weight is 588 g/mol. The molecule has 0 spiro atoms. The van der Waals surface area contributed by atoms with Crippen LogP contribution in [-0.4, -0.2) is 58.6 Å². The Balaban J connectivity index is 1.10. The van der Waals surface area contributed by atoms with E-state index in [-0.39, 0.29) is 17.8 Å². The molecule has 4 aromatic rings. The van der Waals surface area contributed by atoms with Gasteiger partial charge in [-0.05, 0) is 92.8 Å². The van der Waals surface area contributed by atoms with E-state index in [1.807, 2.05) is 18.5 Å². The van der Waals surface area contributed by atoms with Gasteiger partial charge in [-0.25, -0.2) is 13.4 Å². The lowest BCUT2D eigenvalue weighted by atomic mass is 9.77. The van der Waals surface area contributed by atoms with Gasteiger partial charge in [0.1, 0.15) is 22.3 Å². The number of benzene rings is 1. The summed E-state index contributed by atoms with van der Waals surface area (Å²) >= 11 is 0. The number of nitrogens with one attached hydrogen (secondary N) is 1. The lowest BCUT2D eigenvalue weighted by Gasteiger charge is -2.41. The molecule has 1 N–H and O–H groups in total. The summed E-state index contributed by atoms with van der Waals surface area (Å²) in [7, 11) is -2.67. The first-order valence-corrected chi connectivity index (χ1v) is 15.3. The highest BCUT2D eigenvalue weighted by atomic mass is 32.2. The summed E-state index contributed by atoms with van der Waals surface area (Å²) in [5, 5.41) is 10.1. The average Bonchev–Trinajstić information content (AvgIpc) is 3.46. The smallest absolute Gasteiger partial charge is 0.416 e. The van der Waals surface area contributed by atoms with Crippen molar-refractivity contribution in [1.29, 1.82) is 0 Å². The number of thiol groups is 1. The number of H-pyrrole nitrogens is 1. The van der Waals surface area contributed by atoms with Crippen molar-refractivity contribution in [1.82, 2.24) is 25.1 Å². The van der Waals surface area contributed by atoms with Crippen LogP contribution in [0, 0.1) is 11.8 Å². The Morgan fingerprint density at radius 1 is 1.05 bits per heavy atom. The van der Waals surface area contributed by atoms with Crippen LogP contribution in [0.5, 0.6) is 5.75 Å². The minimum absolute atomic E-state index is 0.0388. The third kappa shape index (κ3) is 5.90. The van der Waals surface area contributed by atoms with Crippen LogP contribution >= 0.6 is 0 Å². The topological polar surface area (TPSA) is 101 Å². The number of hydrogen-bond donors (Lipinski definition) is 2. The fraction of sp³-hybridized carbons (Fsp3) is 0.483. The van der Waals surface area contributed by atoms with Gasteiger partial charge in [0.25, 0.3) is 0 Å². The molecule has 41 heavy (non-hydrogen) atoms. The highest BCUT2D eigenvalue weighted by molar-refractivity contribution is 7.73. The molecule has 4 heterocycles. The number of halogens is 3. The number of pyridine rings is 1. The molecule has 2 unspecified atom stereocenters. The van der Waals surface area contributed by atoms with Crippen molar-refractivity contribution < 1.29 is 26.3 Å². The van der Waals surface area contributed by atoms with Crippen molar-refractivity contribution in [3.63, 3.8) is 0 Å². The Hall–Kier alpha value is -3.25. The maximum Gasteiger partial charge on any atom is 0.416 e. The van der Waals surface area contributed by atoms with E-state index in [2.05, 4.69) is 25.1 Å². The van der Waals surface area contributed by atoms with Crippen molar-refractivity contribution >= 4 is 32.6 Å². The monoisotopic (exact) mass is 587 g/mol. The number of aromatic amines is 1. The van der Waals surface area contributed by atoms with Crippen LogP contribution in [0.2, 0.25) is 0 Å². The summed E-state index contributed by atoms with van der Waals surface area (Å²) in [6, 6.07) is 6.70. The first kappa shape index (κ1) is 27.9. The Bertz CT molecular complexity index is 1570. The standard InChI is InChI=1S/C29H32F3N5O3S/c30-29(31,32)21-7-9-22(10-8-21)40-17-18-2-1-13-37(16-18)28(41(38)39)20-5-3-19(4-6-20)24-14-35-36-25-15-34-27-23(26(24)25)11-12-33-27/h7-12,14-15,18-20,28,41H,1-6,13,16-17H2,(H,33,34). The van der Waals surface area contributed by atoms with E-state index in [1.54, 1.807) is 6.20 Å². The molecule has 3 aromatic heterocycles. The third-order valence-electron chi connectivity index (χ3n) is 8.66. The van der Waals surface area contributed by atoms with Gasteiger partial charge in [0, 0.05) is 29.4 Å². The first-order chi connectivity index (χ1) is 19.8. The third-order valence-corrected chi connectivity index (χ3v) is 9.84. The summed E-state index contributed by atoms with van der Waals surface area (Å²) in [6.45, 7) is 1.63. The van der Waals surface area contributed by atoms with Gasteiger partial charge in [-0.3, -0.25) is 4.90 Å². The molecule has 2 atom stereocenters. The Morgan fingerprint density at radius 2 is 1.83 bits per heavy atom. The predicted octanol–water partition coefficient (Wildman–Crippen LogP) is 5.53. The van der Waals surface area contributed by atoms with Gasteiger partial charge in [-0.1, -0.05) is 0 Å². The molecule has 12 heteroatoms. The highest BCUT2D eigenvalue weighted by Crippen LogP contribution is 2.42. The largest absolute Gasteiger partial charge is 0.493 e. The maximum atomic E-state index is 12.8. The molecule has 1 aromatic carbocycles. The normalized spacial score (nSPS) is 23.3. The van der Waals surface area contributed by atoms with Crippen molar-refractivity contribution in [2.45, 2.75) is 56.0 Å². The zero-order valence-electron chi connectivity index (χ0n) is 22.4. The van der Waals surface area contributed by atoms with Crippen molar-refractivity contribution in [3.05, 3.63) is 60.0 Å². The fourth-order valence-corrected chi connectivity index (χ4v) is 7.78. The molecule has 2 fully saturated rings. The lowest BCUT2D eigenvalue weighted by Crippen LogP contribution is -2.48. The number of piperidine rings is 1. The van der Waals surface area contributed by atoms with Crippen LogP contribution < -0.4 is 4.74 Å². The Kier molecular flexibility index (Phi) is 7.86. The summed E-state index contributed by atoms with van der Waals surface area (Å²) < 4.78 is 69.5. The molecule has 1 saturated heterocycles. The van der Waals surface area contributed by atoms with Crippen LogP contribution in [0.3, 0.4) is 0 Å². The van der Waals surface area contributed by atoms with Gasteiger partial charge < -0.3 is 9.72 Å². The maximum absolute atomic E-state index is 12.8. The molecule has 1 aliphatic carbocycles. The lowest BCUT2D eigenvalue weighted by molar-refractivity contribution is -0.137. The van der Waals surface area contributed by atoms with Crippen molar-refractivity contribution in [2.75, 3.05) is 19.7 Å². The number of hydrogen-bond acceptors (Lipinski definition) is 7. The molecule has 0 bridgehead atoms. The number of alkyl halides is 3. The molecule has 1 aliphatic heterocycles. The van der Waals surface area contributed by atoms with Crippen molar-refractivity contribution in [3.8, 4) is 5.75 Å². The first-order valence-electron chi connectivity index (χ1n) is 14.0. The predicted molar refractivity (Wildman–Crippen MR) is 149 cm³/mol. The van der Waals surface area contributed by atoms with E-state index in [4.69, 9.17) is 4.74 Å². The van der Waals surface area contributed by atoms with E-state index < -0.39 is 27.8 Å². The highest BCUT2D eigenvalue weighted by Gasteiger charge is 2.37. The van der Waals surface area contributed by atoms with E-state index in [9.17, 15) is 21.6 Å². The molecule has 2 aliphatic rings. The Morgan fingerprint density at radius 3 is 2.56 bits per heavy atom. The number of nitrogens with zero attached hydrogens (tertiary/aromatic N) is 4. The van der Waals surface area contributed by atoms with Gasteiger partial charge in [0.05, 0.1) is 24.6 Å². The second-order valence-corrected chi connectivity index (χ2v) is 12.3. The molecule has 0 radical (unpaired) electrons. The number of fused-ring (bicyclic) bond motifs is 3. The minimum atomic E-state index is -4.39. The Labute approximate surface area is 237 Å². The zero-order chi connectivity index (χ0) is 28.6. The molecule has 6 rings (SSSR count). The van der Waals surface area contributed by atoms with Gasteiger partial charge >= 0.3 is 6.18 Å². The zero-order valence-corrected chi connectivity index (χ0v) is 23.3. The van der Waals surface area contributed by atoms with Crippen LogP contribution in [-0.2, 0) is 16.9 Å². The number of aromatic nitrogens is 4. The van der Waals surface area contributed by atoms with E-state index >= 15 is 0 Å². The number of rotatable bonds is 7. The molecule has 218 valence electrons. The second kappa shape index (κ2) is 11.6. The van der Waals surface area contributed by atoms with E-state index in [0.29, 0.717) is 25.4 Å². The number of likely N-dealkylation sites (tertiary alicyclic amines) is 1. The summed E-state index contributed by atoms with van der Waals surface area (Å²) in [4.78, 5) is 9.67. The van der Waals surface area contributed by atoms with E-state index in [0.717, 1.165) is 78.2 Å². The molecule has 8 nitrogen and oxygen atoms in total. The second-order valence-electron chi connectivity index (χ2n) is 11.2. The fourth-order valence-electron chi connectivity index (χ4n) is 6.66. The quantitative estimate of drug-likeness (QED) is 0.274. The molecular formula is C29H32F3N5O3S. The van der Waals surface area contributed by atoms with Crippen LogP contribution in [0.1, 0.15) is 55.6 Å². The molecule has 1 saturated carbocycles.